The summed E-state index contributed by atoms with van der Waals surface area (Å²) in [7, 11) is 0. The van der Waals surface area contributed by atoms with Crippen LogP contribution < -0.4 is 10.6 Å². The van der Waals surface area contributed by atoms with Crippen LogP contribution in [0.5, 0.6) is 0 Å². The van der Waals surface area contributed by atoms with Crippen LogP contribution in [-0.4, -0.2) is 25.5 Å². The molecule has 17 heavy (non-hydrogen) atoms. The quantitative estimate of drug-likeness (QED) is 0.825. The highest BCUT2D eigenvalue weighted by Crippen LogP contribution is 2.21. The van der Waals surface area contributed by atoms with Crippen molar-refractivity contribution in [1.29, 1.82) is 0 Å². The fraction of sp³-hybridized carbons (Fsp3) is 0.417. The molecule has 0 atom stereocenters. The number of nitrogens with one attached hydrogen (secondary N) is 2. The number of halogens is 1. The summed E-state index contributed by atoms with van der Waals surface area (Å²) in [6, 6.07) is 3.50. The van der Waals surface area contributed by atoms with Crippen molar-refractivity contribution >= 4 is 28.8 Å². The molecule has 0 aromatic carbocycles. The topological polar surface area (TPSA) is 41.1 Å². The van der Waals surface area contributed by atoms with Crippen LogP contribution in [0, 0.1) is 0 Å². The third kappa shape index (κ3) is 3.84. The Balaban J connectivity index is 1.75. The van der Waals surface area contributed by atoms with E-state index in [1.807, 2.05) is 0 Å². The van der Waals surface area contributed by atoms with Crippen molar-refractivity contribution in [3.05, 3.63) is 33.0 Å². The lowest BCUT2D eigenvalue weighted by atomic mass is 10.1. The first-order chi connectivity index (χ1) is 8.25. The molecule has 0 radical (unpaired) electrons. The molecule has 0 unspecified atom stereocenters. The van der Waals surface area contributed by atoms with Crippen molar-refractivity contribution in [2.75, 3.05) is 19.6 Å². The van der Waals surface area contributed by atoms with E-state index in [2.05, 4.69) is 16.7 Å². The first-order valence-corrected chi connectivity index (χ1v) is 6.87. The van der Waals surface area contributed by atoms with Gasteiger partial charge in [-0.15, -0.1) is 11.3 Å². The fourth-order valence-electron chi connectivity index (χ4n) is 1.76. The van der Waals surface area contributed by atoms with Crippen LogP contribution in [-0.2, 0) is 0 Å². The number of carbonyl (C=O) groups is 1. The SMILES string of the molecule is O=C(NCCC1=CCNCC1)c1ccc(Cl)s1. The molecule has 2 rings (SSSR count). The van der Waals surface area contributed by atoms with Gasteiger partial charge in [0.25, 0.3) is 5.91 Å². The predicted octanol–water partition coefficient (Wildman–Crippen LogP) is 2.44. The van der Waals surface area contributed by atoms with Crippen molar-refractivity contribution in [3.63, 3.8) is 0 Å². The number of amides is 1. The molecule has 0 fully saturated rings. The van der Waals surface area contributed by atoms with Crippen LogP contribution in [0.1, 0.15) is 22.5 Å². The summed E-state index contributed by atoms with van der Waals surface area (Å²) >= 11 is 7.09. The number of rotatable bonds is 4. The van der Waals surface area contributed by atoms with E-state index in [1.54, 1.807) is 12.1 Å². The third-order valence-corrected chi connectivity index (χ3v) is 3.92. The van der Waals surface area contributed by atoms with E-state index < -0.39 is 0 Å². The van der Waals surface area contributed by atoms with Crippen molar-refractivity contribution < 1.29 is 4.79 Å². The molecule has 1 aromatic heterocycles. The number of hydrogen-bond donors (Lipinski definition) is 2. The highest BCUT2D eigenvalue weighted by Gasteiger charge is 2.08. The summed E-state index contributed by atoms with van der Waals surface area (Å²) in [5, 5.41) is 6.18. The molecule has 3 nitrogen and oxygen atoms in total. The normalized spacial score (nSPS) is 15.5. The van der Waals surface area contributed by atoms with Crippen LogP contribution >= 0.6 is 22.9 Å². The predicted molar refractivity (Wildman–Crippen MR) is 71.8 cm³/mol. The summed E-state index contributed by atoms with van der Waals surface area (Å²) in [6.45, 7) is 2.68. The van der Waals surface area contributed by atoms with Gasteiger partial charge in [0.1, 0.15) is 0 Å². The maximum atomic E-state index is 11.7. The molecular formula is C12H15ClN2OS. The van der Waals surface area contributed by atoms with Gasteiger partial charge in [-0.2, -0.15) is 0 Å². The van der Waals surface area contributed by atoms with Gasteiger partial charge in [-0.1, -0.05) is 23.3 Å². The van der Waals surface area contributed by atoms with Crippen molar-refractivity contribution in [1.82, 2.24) is 10.6 Å². The minimum Gasteiger partial charge on any atom is -0.351 e. The summed E-state index contributed by atoms with van der Waals surface area (Å²) in [5.74, 6) is -0.0311. The lowest BCUT2D eigenvalue weighted by molar-refractivity contribution is 0.0958. The average Bonchev–Trinajstić information content (AvgIpc) is 2.77. The van der Waals surface area contributed by atoms with Crippen molar-refractivity contribution in [2.24, 2.45) is 0 Å². The lowest BCUT2D eigenvalue weighted by Gasteiger charge is -2.13. The first kappa shape index (κ1) is 12.6. The number of carbonyl (C=O) groups excluding carboxylic acids is 1. The van der Waals surface area contributed by atoms with Gasteiger partial charge in [0.15, 0.2) is 0 Å². The summed E-state index contributed by atoms with van der Waals surface area (Å²) in [6.07, 6.45) is 4.23. The molecule has 1 aliphatic rings. The van der Waals surface area contributed by atoms with E-state index in [4.69, 9.17) is 11.6 Å². The Morgan fingerprint density at radius 2 is 2.41 bits per heavy atom. The largest absolute Gasteiger partial charge is 0.351 e. The van der Waals surface area contributed by atoms with Gasteiger partial charge in [-0.25, -0.2) is 0 Å². The Morgan fingerprint density at radius 1 is 1.53 bits per heavy atom. The van der Waals surface area contributed by atoms with Gasteiger partial charge >= 0.3 is 0 Å². The fourth-order valence-corrected chi connectivity index (χ4v) is 2.72. The molecular weight excluding hydrogens is 256 g/mol. The Kier molecular flexibility index (Phi) is 4.59. The maximum absolute atomic E-state index is 11.7. The zero-order chi connectivity index (χ0) is 12.1. The van der Waals surface area contributed by atoms with Crippen LogP contribution in [0.25, 0.3) is 0 Å². The molecule has 0 saturated heterocycles. The summed E-state index contributed by atoms with van der Waals surface area (Å²) in [5.41, 5.74) is 1.42. The minimum atomic E-state index is -0.0311. The highest BCUT2D eigenvalue weighted by atomic mass is 35.5. The zero-order valence-electron chi connectivity index (χ0n) is 9.46. The number of thiophene rings is 1. The second-order valence-electron chi connectivity index (χ2n) is 3.93. The molecule has 5 heteroatoms. The zero-order valence-corrected chi connectivity index (χ0v) is 11.0. The van der Waals surface area contributed by atoms with Gasteiger partial charge in [0.05, 0.1) is 9.21 Å². The molecule has 0 bridgehead atoms. The molecule has 1 aliphatic heterocycles. The Morgan fingerprint density at radius 3 is 3.06 bits per heavy atom. The van der Waals surface area contributed by atoms with Crippen LogP contribution in [0.2, 0.25) is 4.34 Å². The van der Waals surface area contributed by atoms with Gasteiger partial charge in [0, 0.05) is 13.1 Å². The van der Waals surface area contributed by atoms with Crippen molar-refractivity contribution in [3.8, 4) is 0 Å². The second kappa shape index (κ2) is 6.19. The molecule has 0 spiro atoms. The van der Waals surface area contributed by atoms with Crippen LogP contribution in [0.3, 0.4) is 0 Å². The monoisotopic (exact) mass is 270 g/mol. The van der Waals surface area contributed by atoms with Crippen LogP contribution in [0.15, 0.2) is 23.8 Å². The van der Waals surface area contributed by atoms with E-state index in [9.17, 15) is 4.79 Å². The van der Waals surface area contributed by atoms with Gasteiger partial charge < -0.3 is 10.6 Å². The lowest BCUT2D eigenvalue weighted by Crippen LogP contribution is -2.26. The molecule has 2 N–H and O–H groups in total. The van der Waals surface area contributed by atoms with Crippen LogP contribution in [0.4, 0.5) is 0 Å². The Labute approximate surface area is 110 Å². The van der Waals surface area contributed by atoms with Gasteiger partial charge in [0.2, 0.25) is 0 Å². The third-order valence-electron chi connectivity index (χ3n) is 2.69. The average molecular weight is 271 g/mol. The summed E-state index contributed by atoms with van der Waals surface area (Å²) < 4.78 is 0.649. The van der Waals surface area contributed by atoms with E-state index in [-0.39, 0.29) is 5.91 Å². The Hall–Kier alpha value is -0.840. The molecule has 0 saturated carbocycles. The van der Waals surface area contributed by atoms with E-state index >= 15 is 0 Å². The standard InChI is InChI=1S/C12H15ClN2OS/c13-11-2-1-10(17-11)12(16)15-8-5-9-3-6-14-7-4-9/h1-3,14H,4-8H2,(H,15,16). The minimum absolute atomic E-state index is 0.0311. The highest BCUT2D eigenvalue weighted by molar-refractivity contribution is 7.17. The maximum Gasteiger partial charge on any atom is 0.261 e. The van der Waals surface area contributed by atoms with E-state index in [1.165, 1.54) is 16.9 Å². The Bertz CT molecular complexity index is 428. The number of hydrogen-bond acceptors (Lipinski definition) is 3. The van der Waals surface area contributed by atoms with Gasteiger partial charge in [-0.3, -0.25) is 4.79 Å². The van der Waals surface area contributed by atoms with Crippen molar-refractivity contribution in [2.45, 2.75) is 12.8 Å². The van der Waals surface area contributed by atoms with E-state index in [0.29, 0.717) is 15.8 Å². The molecule has 1 amide bonds. The second-order valence-corrected chi connectivity index (χ2v) is 5.64. The molecule has 92 valence electrons. The molecule has 1 aromatic rings. The van der Waals surface area contributed by atoms with E-state index in [0.717, 1.165) is 25.9 Å². The van der Waals surface area contributed by atoms with Gasteiger partial charge in [-0.05, 0) is 31.5 Å². The molecule has 0 aliphatic carbocycles. The first-order valence-electron chi connectivity index (χ1n) is 5.68. The molecule has 2 heterocycles. The smallest absolute Gasteiger partial charge is 0.261 e. The summed E-state index contributed by atoms with van der Waals surface area (Å²) in [4.78, 5) is 12.4.